The van der Waals surface area contributed by atoms with E-state index in [9.17, 15) is 0 Å². The number of nitrogens with zero attached hydrogens (tertiary/aromatic N) is 4. The number of halogens is 1. The van der Waals surface area contributed by atoms with Gasteiger partial charge in [0, 0.05) is 38.0 Å². The summed E-state index contributed by atoms with van der Waals surface area (Å²) in [6, 6.07) is 1.77. The largest absolute Gasteiger partial charge is 0.370 e. The van der Waals surface area contributed by atoms with E-state index < -0.39 is 0 Å². The van der Waals surface area contributed by atoms with Gasteiger partial charge in [0.05, 0.1) is 6.33 Å². The highest BCUT2D eigenvalue weighted by Crippen LogP contribution is 2.14. The fraction of sp³-hybridized carbons (Fsp3) is 0.500. The second-order valence-corrected chi connectivity index (χ2v) is 5.56. The number of hydrogen-bond donors (Lipinski definition) is 1. The Kier molecular flexibility index (Phi) is 5.35. The molecular formula is C14H20ClN5. The number of rotatable bonds is 7. The molecule has 0 saturated carbocycles. The first kappa shape index (κ1) is 14.8. The molecule has 1 N–H and O–H groups in total. The summed E-state index contributed by atoms with van der Waals surface area (Å²) in [7, 11) is 0. The summed E-state index contributed by atoms with van der Waals surface area (Å²) in [5, 5.41) is 3.79. The maximum Gasteiger partial charge on any atom is 0.134 e. The molecule has 0 aliphatic rings. The van der Waals surface area contributed by atoms with E-state index in [1.165, 1.54) is 0 Å². The quantitative estimate of drug-likeness (QED) is 0.630. The van der Waals surface area contributed by atoms with Gasteiger partial charge in [-0.25, -0.2) is 15.0 Å². The van der Waals surface area contributed by atoms with Gasteiger partial charge in [0.15, 0.2) is 0 Å². The first-order chi connectivity index (χ1) is 9.63. The van der Waals surface area contributed by atoms with Crippen LogP contribution in [0.4, 0.5) is 5.82 Å². The lowest BCUT2D eigenvalue weighted by Gasteiger charge is -2.09. The molecule has 5 nitrogen and oxygen atoms in total. The Labute approximate surface area is 124 Å². The predicted octanol–water partition coefficient (Wildman–Crippen LogP) is 3.03. The van der Waals surface area contributed by atoms with Crippen LogP contribution < -0.4 is 5.32 Å². The zero-order valence-corrected chi connectivity index (χ0v) is 12.6. The van der Waals surface area contributed by atoms with Crippen LogP contribution in [0.2, 0.25) is 5.15 Å². The van der Waals surface area contributed by atoms with Crippen molar-refractivity contribution in [2.24, 2.45) is 5.92 Å². The van der Waals surface area contributed by atoms with Gasteiger partial charge >= 0.3 is 0 Å². The highest BCUT2D eigenvalue weighted by Gasteiger charge is 2.05. The predicted molar refractivity (Wildman–Crippen MR) is 80.9 cm³/mol. The van der Waals surface area contributed by atoms with Gasteiger partial charge in [-0.3, -0.25) is 0 Å². The van der Waals surface area contributed by atoms with Crippen LogP contribution in [0.1, 0.15) is 26.1 Å². The average Bonchev–Trinajstić information content (AvgIpc) is 2.86. The van der Waals surface area contributed by atoms with Crippen LogP contribution in [0, 0.1) is 5.92 Å². The van der Waals surface area contributed by atoms with E-state index in [2.05, 4.69) is 38.7 Å². The van der Waals surface area contributed by atoms with Gasteiger partial charge in [-0.1, -0.05) is 25.4 Å². The molecule has 0 atom stereocenters. The first-order valence-electron chi connectivity index (χ1n) is 6.86. The van der Waals surface area contributed by atoms with Crippen molar-refractivity contribution in [3.05, 3.63) is 35.8 Å². The van der Waals surface area contributed by atoms with Crippen LogP contribution in [0.5, 0.6) is 0 Å². The highest BCUT2D eigenvalue weighted by molar-refractivity contribution is 6.29. The second-order valence-electron chi connectivity index (χ2n) is 5.17. The van der Waals surface area contributed by atoms with Crippen molar-refractivity contribution < 1.29 is 0 Å². The minimum atomic E-state index is 0.493. The molecule has 108 valence electrons. The van der Waals surface area contributed by atoms with Crippen molar-refractivity contribution in [3.8, 4) is 0 Å². The van der Waals surface area contributed by atoms with Crippen LogP contribution >= 0.6 is 11.6 Å². The Morgan fingerprint density at radius 3 is 2.90 bits per heavy atom. The van der Waals surface area contributed by atoms with Gasteiger partial charge in [-0.2, -0.15) is 0 Å². The topological polar surface area (TPSA) is 55.6 Å². The van der Waals surface area contributed by atoms with Crippen LogP contribution in [0.25, 0.3) is 0 Å². The molecule has 0 saturated heterocycles. The molecule has 2 aromatic heterocycles. The van der Waals surface area contributed by atoms with Crippen molar-refractivity contribution in [2.45, 2.75) is 33.2 Å². The standard InChI is InChI=1S/C14H20ClN5/c1-11(2)8-14-18-12(15)9-13(19-14)17-4-3-6-20-7-5-16-10-20/h5,7,9-11H,3-4,6,8H2,1-2H3,(H,17,18,19). The normalized spacial score (nSPS) is 11.0. The van der Waals surface area contributed by atoms with E-state index in [1.54, 1.807) is 12.3 Å². The van der Waals surface area contributed by atoms with Crippen molar-refractivity contribution >= 4 is 17.4 Å². The molecule has 0 unspecified atom stereocenters. The van der Waals surface area contributed by atoms with E-state index >= 15 is 0 Å². The number of hydrogen-bond acceptors (Lipinski definition) is 4. The number of aromatic nitrogens is 4. The molecule has 0 aromatic carbocycles. The lowest BCUT2D eigenvalue weighted by Crippen LogP contribution is -2.09. The van der Waals surface area contributed by atoms with Gasteiger partial charge < -0.3 is 9.88 Å². The Morgan fingerprint density at radius 2 is 2.20 bits per heavy atom. The van der Waals surface area contributed by atoms with Gasteiger partial charge in [0.2, 0.25) is 0 Å². The average molecular weight is 294 g/mol. The molecule has 2 aromatic rings. The molecule has 2 heterocycles. The van der Waals surface area contributed by atoms with E-state index in [1.807, 2.05) is 12.5 Å². The third-order valence-electron chi connectivity index (χ3n) is 2.79. The molecule has 0 bridgehead atoms. The molecule has 0 aliphatic carbocycles. The van der Waals surface area contributed by atoms with E-state index in [4.69, 9.17) is 11.6 Å². The Balaban J connectivity index is 1.84. The van der Waals surface area contributed by atoms with E-state index in [0.29, 0.717) is 11.1 Å². The minimum absolute atomic E-state index is 0.493. The van der Waals surface area contributed by atoms with Crippen LogP contribution in [0.15, 0.2) is 24.8 Å². The van der Waals surface area contributed by atoms with Gasteiger partial charge in [-0.05, 0) is 12.3 Å². The molecule has 0 aliphatic heterocycles. The summed E-state index contributed by atoms with van der Waals surface area (Å²) in [4.78, 5) is 12.7. The molecule has 6 heteroatoms. The molecule has 2 rings (SSSR count). The molecule has 0 spiro atoms. The van der Waals surface area contributed by atoms with Crippen molar-refractivity contribution in [1.29, 1.82) is 0 Å². The van der Waals surface area contributed by atoms with Crippen molar-refractivity contribution in [3.63, 3.8) is 0 Å². The maximum atomic E-state index is 6.02. The van der Waals surface area contributed by atoms with Crippen molar-refractivity contribution in [1.82, 2.24) is 19.5 Å². The summed E-state index contributed by atoms with van der Waals surface area (Å²) in [6.07, 6.45) is 7.40. The van der Waals surface area contributed by atoms with E-state index in [0.717, 1.165) is 37.6 Å². The Bertz CT molecular complexity index is 524. The van der Waals surface area contributed by atoms with Crippen LogP contribution in [-0.2, 0) is 13.0 Å². The molecule has 0 fully saturated rings. The van der Waals surface area contributed by atoms with Crippen LogP contribution in [-0.4, -0.2) is 26.1 Å². The number of imidazole rings is 1. The Hall–Kier alpha value is -1.62. The first-order valence-corrected chi connectivity index (χ1v) is 7.24. The lowest BCUT2D eigenvalue weighted by molar-refractivity contribution is 0.620. The van der Waals surface area contributed by atoms with Crippen LogP contribution in [0.3, 0.4) is 0 Å². The number of aryl methyl sites for hydroxylation is 1. The summed E-state index contributed by atoms with van der Waals surface area (Å²) in [5.74, 6) is 2.11. The SMILES string of the molecule is CC(C)Cc1nc(Cl)cc(NCCCn2ccnc2)n1. The summed E-state index contributed by atoms with van der Waals surface area (Å²) in [5.41, 5.74) is 0. The summed E-state index contributed by atoms with van der Waals surface area (Å²) >= 11 is 6.02. The maximum absolute atomic E-state index is 6.02. The Morgan fingerprint density at radius 1 is 1.35 bits per heavy atom. The number of anilines is 1. The summed E-state index contributed by atoms with van der Waals surface area (Å²) in [6.45, 7) is 6.06. The monoisotopic (exact) mass is 293 g/mol. The summed E-state index contributed by atoms with van der Waals surface area (Å²) < 4.78 is 2.05. The smallest absolute Gasteiger partial charge is 0.134 e. The third kappa shape index (κ3) is 4.81. The third-order valence-corrected chi connectivity index (χ3v) is 2.98. The van der Waals surface area contributed by atoms with Gasteiger partial charge in [-0.15, -0.1) is 0 Å². The molecule has 20 heavy (non-hydrogen) atoms. The zero-order chi connectivity index (χ0) is 14.4. The second kappa shape index (κ2) is 7.24. The van der Waals surface area contributed by atoms with E-state index in [-0.39, 0.29) is 0 Å². The fourth-order valence-corrected chi connectivity index (χ4v) is 2.11. The minimum Gasteiger partial charge on any atom is -0.370 e. The molecule has 0 amide bonds. The highest BCUT2D eigenvalue weighted by atomic mass is 35.5. The number of nitrogens with one attached hydrogen (secondary N) is 1. The van der Waals surface area contributed by atoms with Crippen molar-refractivity contribution in [2.75, 3.05) is 11.9 Å². The molecule has 0 radical (unpaired) electrons. The molecular weight excluding hydrogens is 274 g/mol. The van der Waals surface area contributed by atoms with Gasteiger partial charge in [0.25, 0.3) is 0 Å². The van der Waals surface area contributed by atoms with Gasteiger partial charge in [0.1, 0.15) is 16.8 Å². The zero-order valence-electron chi connectivity index (χ0n) is 11.9. The lowest BCUT2D eigenvalue weighted by atomic mass is 10.1. The fourth-order valence-electron chi connectivity index (χ4n) is 1.91.